The number of carbonyl (C=O) groups is 2. The van der Waals surface area contributed by atoms with E-state index < -0.39 is 34.4 Å². The highest BCUT2D eigenvalue weighted by atomic mass is 19.1. The molecule has 1 fully saturated rings. The molecule has 1 aliphatic rings. The van der Waals surface area contributed by atoms with E-state index in [4.69, 9.17) is 0 Å². The van der Waals surface area contributed by atoms with Gasteiger partial charge in [-0.05, 0) is 31.0 Å². The summed E-state index contributed by atoms with van der Waals surface area (Å²) in [6.07, 6.45) is 0.628. The molecule has 0 heterocycles. The van der Waals surface area contributed by atoms with Crippen LogP contribution in [0.15, 0.2) is 18.2 Å². The van der Waals surface area contributed by atoms with Crippen molar-refractivity contribution < 1.29 is 23.1 Å². The van der Waals surface area contributed by atoms with Gasteiger partial charge >= 0.3 is 5.97 Å². The van der Waals surface area contributed by atoms with Gasteiger partial charge in [0.1, 0.15) is 17.0 Å². The van der Waals surface area contributed by atoms with Gasteiger partial charge in [0.05, 0.1) is 12.7 Å². The quantitative estimate of drug-likeness (QED) is 0.461. The molecule has 1 saturated carbocycles. The third-order valence-corrected chi connectivity index (χ3v) is 2.93. The molecule has 1 aliphatic carbocycles. The lowest BCUT2D eigenvalue weighted by Gasteiger charge is -2.11. The summed E-state index contributed by atoms with van der Waals surface area (Å²) in [6.45, 7) is 0. The molecule has 1 aromatic carbocycles. The number of halogens is 2. The number of ketones is 1. The van der Waals surface area contributed by atoms with Crippen LogP contribution in [-0.4, -0.2) is 18.9 Å². The van der Waals surface area contributed by atoms with Gasteiger partial charge < -0.3 is 4.74 Å². The summed E-state index contributed by atoms with van der Waals surface area (Å²) in [5.41, 5.74) is -1.70. The van der Waals surface area contributed by atoms with Gasteiger partial charge in [0.25, 0.3) is 0 Å². The highest BCUT2D eigenvalue weighted by Gasteiger charge is 2.58. The zero-order valence-electron chi connectivity index (χ0n) is 9.13. The largest absolute Gasteiger partial charge is 0.468 e. The summed E-state index contributed by atoms with van der Waals surface area (Å²) in [5, 5.41) is 0. The van der Waals surface area contributed by atoms with E-state index >= 15 is 0 Å². The van der Waals surface area contributed by atoms with Crippen LogP contribution in [-0.2, 0) is 9.53 Å². The van der Waals surface area contributed by atoms with Gasteiger partial charge in [-0.25, -0.2) is 8.78 Å². The summed E-state index contributed by atoms with van der Waals surface area (Å²) in [5.74, 6) is -2.94. The number of esters is 1. The highest BCUT2D eigenvalue weighted by molar-refractivity contribution is 6.14. The third-order valence-electron chi connectivity index (χ3n) is 2.93. The molecule has 0 radical (unpaired) electrons. The Kier molecular flexibility index (Phi) is 2.69. The number of ether oxygens (including phenoxy) is 1. The van der Waals surface area contributed by atoms with Crippen molar-refractivity contribution in [3.8, 4) is 0 Å². The van der Waals surface area contributed by atoms with Crippen LogP contribution in [0.5, 0.6) is 0 Å². The van der Waals surface area contributed by atoms with Crippen LogP contribution < -0.4 is 0 Å². The third kappa shape index (κ3) is 1.81. The molecule has 0 spiro atoms. The van der Waals surface area contributed by atoms with Crippen LogP contribution in [0.1, 0.15) is 23.2 Å². The van der Waals surface area contributed by atoms with Crippen LogP contribution in [0.3, 0.4) is 0 Å². The first-order valence-electron chi connectivity index (χ1n) is 5.09. The molecule has 0 atom stereocenters. The number of Topliss-reactive ketones (excluding diaryl/α,β-unsaturated/α-hetero) is 1. The second kappa shape index (κ2) is 3.91. The fourth-order valence-corrected chi connectivity index (χ4v) is 1.77. The standard InChI is InChI=1S/C12H10F2O3/c1-17-11(16)12(4-5-12)10(15)8-6-7(13)2-3-9(8)14/h2-3,6H,4-5H2,1H3. The summed E-state index contributed by atoms with van der Waals surface area (Å²) in [6, 6.07) is 2.60. The molecule has 3 nitrogen and oxygen atoms in total. The van der Waals surface area contributed by atoms with E-state index in [0.717, 1.165) is 25.3 Å². The average Bonchev–Trinajstić information content (AvgIpc) is 3.11. The van der Waals surface area contributed by atoms with Crippen molar-refractivity contribution in [2.24, 2.45) is 5.41 Å². The van der Waals surface area contributed by atoms with Crippen molar-refractivity contribution in [3.05, 3.63) is 35.4 Å². The van der Waals surface area contributed by atoms with E-state index in [1.165, 1.54) is 0 Å². The first-order chi connectivity index (χ1) is 8.01. The van der Waals surface area contributed by atoms with Crippen molar-refractivity contribution in [2.75, 3.05) is 7.11 Å². The Morgan fingerprint density at radius 2 is 1.94 bits per heavy atom. The lowest BCUT2D eigenvalue weighted by molar-refractivity contribution is -0.145. The number of carbonyl (C=O) groups excluding carboxylic acids is 2. The Labute approximate surface area is 96.4 Å². The molecular weight excluding hydrogens is 230 g/mol. The molecule has 0 aliphatic heterocycles. The summed E-state index contributed by atoms with van der Waals surface area (Å²) >= 11 is 0. The monoisotopic (exact) mass is 240 g/mol. The van der Waals surface area contributed by atoms with Crippen molar-refractivity contribution >= 4 is 11.8 Å². The number of benzene rings is 1. The predicted octanol–water partition coefficient (Wildman–Crippen LogP) is 2.10. The fourth-order valence-electron chi connectivity index (χ4n) is 1.77. The zero-order chi connectivity index (χ0) is 12.6. The Balaban J connectivity index is 2.38. The van der Waals surface area contributed by atoms with Gasteiger partial charge in [0.2, 0.25) is 0 Å². The molecule has 0 bridgehead atoms. The maximum absolute atomic E-state index is 13.4. The van der Waals surface area contributed by atoms with Crippen molar-refractivity contribution in [2.45, 2.75) is 12.8 Å². The number of hydrogen-bond donors (Lipinski definition) is 0. The van der Waals surface area contributed by atoms with Gasteiger partial charge in [-0.1, -0.05) is 0 Å². The van der Waals surface area contributed by atoms with Crippen molar-refractivity contribution in [1.29, 1.82) is 0 Å². The maximum Gasteiger partial charge on any atom is 0.319 e. The topological polar surface area (TPSA) is 43.4 Å². The normalized spacial score (nSPS) is 16.4. The van der Waals surface area contributed by atoms with E-state index in [9.17, 15) is 18.4 Å². The molecule has 0 unspecified atom stereocenters. The van der Waals surface area contributed by atoms with Gasteiger partial charge in [0, 0.05) is 0 Å². The van der Waals surface area contributed by atoms with Gasteiger partial charge in [-0.15, -0.1) is 0 Å². The molecule has 0 saturated heterocycles. The second-order valence-electron chi connectivity index (χ2n) is 4.03. The molecule has 5 heteroatoms. The number of hydrogen-bond acceptors (Lipinski definition) is 3. The Hall–Kier alpha value is -1.78. The van der Waals surface area contributed by atoms with Crippen LogP contribution in [0.2, 0.25) is 0 Å². The Morgan fingerprint density at radius 3 is 2.47 bits per heavy atom. The minimum Gasteiger partial charge on any atom is -0.468 e. The van der Waals surface area contributed by atoms with E-state index in [0.29, 0.717) is 12.8 Å². The number of methoxy groups -OCH3 is 1. The minimum atomic E-state index is -1.30. The predicted molar refractivity (Wildman–Crippen MR) is 54.4 cm³/mol. The molecule has 0 N–H and O–H groups in total. The Morgan fingerprint density at radius 1 is 1.29 bits per heavy atom. The first-order valence-corrected chi connectivity index (χ1v) is 5.09. The molecular formula is C12H10F2O3. The summed E-state index contributed by atoms with van der Waals surface area (Å²) in [4.78, 5) is 23.4. The minimum absolute atomic E-state index is 0.314. The highest BCUT2D eigenvalue weighted by Crippen LogP contribution is 2.49. The van der Waals surface area contributed by atoms with E-state index in [1.807, 2.05) is 0 Å². The van der Waals surface area contributed by atoms with Crippen LogP contribution in [0.25, 0.3) is 0 Å². The Bertz CT molecular complexity index is 493. The van der Waals surface area contributed by atoms with Crippen molar-refractivity contribution in [1.82, 2.24) is 0 Å². The molecule has 1 aromatic rings. The molecule has 0 aromatic heterocycles. The molecule has 2 rings (SSSR count). The number of rotatable bonds is 3. The average molecular weight is 240 g/mol. The maximum atomic E-state index is 13.4. The van der Waals surface area contributed by atoms with E-state index in [2.05, 4.69) is 4.74 Å². The zero-order valence-corrected chi connectivity index (χ0v) is 9.13. The summed E-state index contributed by atoms with van der Waals surface area (Å²) < 4.78 is 30.9. The van der Waals surface area contributed by atoms with Crippen LogP contribution in [0.4, 0.5) is 8.78 Å². The lowest BCUT2D eigenvalue weighted by Crippen LogP contribution is -2.28. The first kappa shape index (κ1) is 11.7. The van der Waals surface area contributed by atoms with Crippen molar-refractivity contribution in [3.63, 3.8) is 0 Å². The van der Waals surface area contributed by atoms with Gasteiger partial charge in [-0.3, -0.25) is 9.59 Å². The smallest absolute Gasteiger partial charge is 0.319 e. The second-order valence-corrected chi connectivity index (χ2v) is 4.03. The molecule has 90 valence electrons. The molecule has 17 heavy (non-hydrogen) atoms. The van der Waals surface area contributed by atoms with E-state index in [-0.39, 0.29) is 0 Å². The summed E-state index contributed by atoms with van der Waals surface area (Å²) in [7, 11) is 1.16. The van der Waals surface area contributed by atoms with Crippen LogP contribution >= 0.6 is 0 Å². The fraction of sp³-hybridized carbons (Fsp3) is 0.333. The molecule has 0 amide bonds. The van der Waals surface area contributed by atoms with Crippen LogP contribution in [0, 0.1) is 17.0 Å². The van der Waals surface area contributed by atoms with Gasteiger partial charge in [-0.2, -0.15) is 0 Å². The van der Waals surface area contributed by atoms with Gasteiger partial charge in [0.15, 0.2) is 5.78 Å². The SMILES string of the molecule is COC(=O)C1(C(=O)c2cc(F)ccc2F)CC1. The lowest BCUT2D eigenvalue weighted by atomic mass is 9.94. The van der Waals surface area contributed by atoms with E-state index in [1.54, 1.807) is 0 Å².